The van der Waals surface area contributed by atoms with Gasteiger partial charge in [0, 0.05) is 33.3 Å². The van der Waals surface area contributed by atoms with E-state index in [0.717, 1.165) is 13.8 Å². The molecule has 0 aliphatic rings. The summed E-state index contributed by atoms with van der Waals surface area (Å²) in [5, 5.41) is 20.5. The molecule has 0 fully saturated rings. The van der Waals surface area contributed by atoms with Crippen LogP contribution in [-0.2, 0) is 33.3 Å². The zero-order chi connectivity index (χ0) is 19.6. The number of rotatable bonds is 11. The molecule has 25 heavy (non-hydrogen) atoms. The van der Waals surface area contributed by atoms with Gasteiger partial charge in [-0.1, -0.05) is 13.2 Å². The van der Waals surface area contributed by atoms with Crippen molar-refractivity contribution in [3.8, 4) is 0 Å². The van der Waals surface area contributed by atoms with Crippen LogP contribution in [0.4, 0.5) is 0 Å². The van der Waals surface area contributed by atoms with Gasteiger partial charge in [-0.2, -0.15) is 0 Å². The summed E-state index contributed by atoms with van der Waals surface area (Å²) < 4.78 is 19.8. The molecule has 10 heteroatoms. The zero-order valence-corrected chi connectivity index (χ0v) is 14.8. The molecular weight excluding hydrogens is 335 g/mol. The molecule has 0 heterocycles. The third-order valence-corrected chi connectivity index (χ3v) is 3.08. The Hall–Kier alpha value is -1.65. The molecule has 0 aliphatic heterocycles. The quantitative estimate of drug-likeness (QED) is 0.213. The molecule has 0 saturated heterocycles. The topological polar surface area (TPSA) is 129 Å². The molecule has 3 unspecified atom stereocenters. The van der Waals surface area contributed by atoms with Crippen LogP contribution in [0.25, 0.3) is 0 Å². The van der Waals surface area contributed by atoms with E-state index in [2.05, 4.69) is 0 Å². The van der Waals surface area contributed by atoms with Gasteiger partial charge in [0.25, 0.3) is 0 Å². The van der Waals surface area contributed by atoms with Gasteiger partial charge in [0.05, 0.1) is 14.5 Å². The van der Waals surface area contributed by atoms with Crippen LogP contribution in [0, 0.1) is 5.92 Å². The first-order chi connectivity index (χ1) is 11.6. The lowest BCUT2D eigenvalue weighted by molar-refractivity contribution is -0.224. The van der Waals surface area contributed by atoms with Crippen molar-refractivity contribution in [2.75, 3.05) is 13.2 Å². The number of ether oxygens (including phenoxy) is 4. The van der Waals surface area contributed by atoms with Crippen molar-refractivity contribution in [1.82, 2.24) is 0 Å². The van der Waals surface area contributed by atoms with Crippen LogP contribution in [0.2, 0.25) is 6.32 Å². The molecule has 0 rings (SSSR count). The molecular formula is C15H25BO9. The van der Waals surface area contributed by atoms with Crippen LogP contribution in [-0.4, -0.2) is 73.8 Å². The second-order valence-electron chi connectivity index (χ2n) is 5.47. The van der Waals surface area contributed by atoms with Gasteiger partial charge in [-0.25, -0.2) is 0 Å². The Kier molecular flexibility index (Phi) is 11.1. The lowest BCUT2D eigenvalue weighted by atomic mass is 9.96. The van der Waals surface area contributed by atoms with Crippen molar-refractivity contribution in [3.63, 3.8) is 0 Å². The van der Waals surface area contributed by atoms with Gasteiger partial charge in [0.1, 0.15) is 12.2 Å². The van der Waals surface area contributed by atoms with E-state index in [1.807, 2.05) is 0 Å². The highest BCUT2D eigenvalue weighted by atomic mass is 16.6. The molecule has 2 radical (unpaired) electrons. The fraction of sp³-hybridized carbons (Fsp3) is 0.800. The van der Waals surface area contributed by atoms with Gasteiger partial charge in [0.15, 0.2) is 12.4 Å². The predicted octanol–water partition coefficient (Wildman–Crippen LogP) is -0.668. The SMILES string of the molecule is [B]CCO[C@@H](O)C(OC(C)=O)C(O)[C@H](OC(C)=O)C(C)COC(C)=O. The van der Waals surface area contributed by atoms with Crippen molar-refractivity contribution in [2.45, 2.75) is 58.6 Å². The molecule has 0 aromatic rings. The summed E-state index contributed by atoms with van der Waals surface area (Å²) in [6.07, 6.45) is -5.99. The summed E-state index contributed by atoms with van der Waals surface area (Å²) in [7, 11) is 5.27. The molecule has 0 amide bonds. The highest BCUT2D eigenvalue weighted by Gasteiger charge is 2.40. The summed E-state index contributed by atoms with van der Waals surface area (Å²) in [6.45, 7) is 4.76. The smallest absolute Gasteiger partial charge is 0.303 e. The standard InChI is InChI=1S/C15H25BO9/c1-8(7-23-9(2)17)13(24-10(3)18)12(20)14(25-11(4)19)15(21)22-6-5-16/h8,12-15,20-21H,5-7H2,1-4H3/t8?,12?,13-,14?,15-/m1/s1. The molecule has 5 atom stereocenters. The number of carbonyl (C=O) groups is 3. The van der Waals surface area contributed by atoms with E-state index in [4.69, 9.17) is 26.8 Å². The fourth-order valence-corrected chi connectivity index (χ4v) is 2.02. The summed E-state index contributed by atoms with van der Waals surface area (Å²) in [6, 6.07) is 0. The first-order valence-electron chi connectivity index (χ1n) is 7.75. The first-order valence-corrected chi connectivity index (χ1v) is 7.75. The Morgan fingerprint density at radius 3 is 1.92 bits per heavy atom. The number of esters is 3. The van der Waals surface area contributed by atoms with Gasteiger partial charge in [-0.05, 0) is 0 Å². The second-order valence-corrected chi connectivity index (χ2v) is 5.47. The van der Waals surface area contributed by atoms with Gasteiger partial charge in [-0.15, -0.1) is 0 Å². The Bertz CT molecular complexity index is 443. The minimum Gasteiger partial charge on any atom is -0.465 e. The summed E-state index contributed by atoms with van der Waals surface area (Å²) in [5.74, 6) is -2.69. The van der Waals surface area contributed by atoms with E-state index in [9.17, 15) is 24.6 Å². The molecule has 0 spiro atoms. The fourth-order valence-electron chi connectivity index (χ4n) is 2.02. The van der Waals surface area contributed by atoms with E-state index in [0.29, 0.717) is 0 Å². The Morgan fingerprint density at radius 1 is 0.960 bits per heavy atom. The van der Waals surface area contributed by atoms with Crippen LogP contribution >= 0.6 is 0 Å². The van der Waals surface area contributed by atoms with E-state index in [1.165, 1.54) is 6.92 Å². The average Bonchev–Trinajstić information content (AvgIpc) is 2.52. The largest absolute Gasteiger partial charge is 0.465 e. The number of aliphatic hydroxyl groups is 2. The van der Waals surface area contributed by atoms with Crippen LogP contribution in [0.3, 0.4) is 0 Å². The highest BCUT2D eigenvalue weighted by molar-refractivity contribution is 6.08. The zero-order valence-electron chi connectivity index (χ0n) is 14.8. The van der Waals surface area contributed by atoms with Crippen molar-refractivity contribution in [3.05, 3.63) is 0 Å². The lowest BCUT2D eigenvalue weighted by Crippen LogP contribution is -2.51. The Balaban J connectivity index is 5.31. The molecule has 0 aliphatic carbocycles. The van der Waals surface area contributed by atoms with E-state index >= 15 is 0 Å². The van der Waals surface area contributed by atoms with Gasteiger partial charge < -0.3 is 29.2 Å². The lowest BCUT2D eigenvalue weighted by Gasteiger charge is -2.34. The highest BCUT2D eigenvalue weighted by Crippen LogP contribution is 2.20. The molecule has 0 aromatic carbocycles. The van der Waals surface area contributed by atoms with Crippen LogP contribution < -0.4 is 0 Å². The van der Waals surface area contributed by atoms with E-state index in [1.54, 1.807) is 6.92 Å². The third-order valence-electron chi connectivity index (χ3n) is 3.08. The van der Waals surface area contributed by atoms with Crippen LogP contribution in [0.1, 0.15) is 27.7 Å². The number of hydrogen-bond donors (Lipinski definition) is 2. The van der Waals surface area contributed by atoms with Crippen molar-refractivity contribution in [2.24, 2.45) is 5.92 Å². The van der Waals surface area contributed by atoms with Crippen molar-refractivity contribution >= 4 is 25.8 Å². The summed E-state index contributed by atoms with van der Waals surface area (Å²) in [5.41, 5.74) is 0. The molecule has 0 saturated carbocycles. The maximum Gasteiger partial charge on any atom is 0.303 e. The second kappa shape index (κ2) is 11.8. The normalized spacial score (nSPS) is 16.9. The minimum absolute atomic E-state index is 0.0487. The molecule has 9 nitrogen and oxygen atoms in total. The molecule has 0 aromatic heterocycles. The van der Waals surface area contributed by atoms with Gasteiger partial charge in [0.2, 0.25) is 0 Å². The molecule has 0 bridgehead atoms. The third kappa shape index (κ3) is 9.42. The molecule has 2 N–H and O–H groups in total. The number of carbonyl (C=O) groups excluding carboxylic acids is 3. The van der Waals surface area contributed by atoms with Gasteiger partial charge in [-0.3, -0.25) is 14.4 Å². The summed E-state index contributed by atoms with van der Waals surface area (Å²) in [4.78, 5) is 33.5. The average molecular weight is 360 g/mol. The van der Waals surface area contributed by atoms with Crippen molar-refractivity contribution < 1.29 is 43.5 Å². The predicted molar refractivity (Wildman–Crippen MR) is 85.4 cm³/mol. The number of hydrogen-bond acceptors (Lipinski definition) is 9. The van der Waals surface area contributed by atoms with Crippen LogP contribution in [0.15, 0.2) is 0 Å². The monoisotopic (exact) mass is 360 g/mol. The van der Waals surface area contributed by atoms with E-state index < -0.39 is 48.4 Å². The summed E-state index contributed by atoms with van der Waals surface area (Å²) >= 11 is 0. The minimum atomic E-state index is -1.69. The maximum absolute atomic E-state index is 11.3. The first kappa shape index (κ1) is 23.4. The van der Waals surface area contributed by atoms with Crippen LogP contribution in [0.5, 0.6) is 0 Å². The number of aliphatic hydroxyl groups excluding tert-OH is 2. The van der Waals surface area contributed by atoms with Crippen molar-refractivity contribution in [1.29, 1.82) is 0 Å². The maximum atomic E-state index is 11.3. The molecule has 142 valence electrons. The Morgan fingerprint density at radius 2 is 1.48 bits per heavy atom. The van der Waals surface area contributed by atoms with Gasteiger partial charge >= 0.3 is 17.9 Å². The Labute approximate surface area is 148 Å². The van der Waals surface area contributed by atoms with E-state index in [-0.39, 0.29) is 19.5 Å².